The number of rotatable bonds is 7. The summed E-state index contributed by atoms with van der Waals surface area (Å²) in [4.78, 5) is 19.2. The molecule has 34 heavy (non-hydrogen) atoms. The number of carbonyl (C=O) groups excluding carboxylic acids is 1. The van der Waals surface area contributed by atoms with Crippen LogP contribution < -0.4 is 20.7 Å². The number of nitrogens with one attached hydrogen (secondary N) is 1. The molecule has 0 spiro atoms. The van der Waals surface area contributed by atoms with Crippen LogP contribution in [0, 0.1) is 11.3 Å². The number of pyridine rings is 2. The van der Waals surface area contributed by atoms with Crippen LogP contribution in [0.2, 0.25) is 0 Å². The van der Waals surface area contributed by atoms with Gasteiger partial charge in [0.15, 0.2) is 0 Å². The van der Waals surface area contributed by atoms with Crippen LogP contribution in [0.25, 0.3) is 16.6 Å². The predicted octanol–water partition coefficient (Wildman–Crippen LogP) is 2.88. The molecule has 1 unspecified atom stereocenters. The Balaban J connectivity index is 1.53. The molecule has 1 atom stereocenters. The average molecular weight is 462 g/mol. The van der Waals surface area contributed by atoms with Crippen molar-refractivity contribution in [2.45, 2.75) is 51.6 Å². The van der Waals surface area contributed by atoms with E-state index in [0.717, 1.165) is 48.4 Å². The molecule has 1 saturated heterocycles. The van der Waals surface area contributed by atoms with E-state index in [1.54, 1.807) is 16.9 Å². The second-order valence-electron chi connectivity index (χ2n) is 8.94. The Morgan fingerprint density at radius 3 is 2.71 bits per heavy atom. The summed E-state index contributed by atoms with van der Waals surface area (Å²) in [6.07, 6.45) is 7.42. The van der Waals surface area contributed by atoms with Gasteiger partial charge in [0.1, 0.15) is 17.6 Å². The van der Waals surface area contributed by atoms with Gasteiger partial charge in [0.05, 0.1) is 36.1 Å². The number of nitrogens with two attached hydrogens (primary N) is 1. The molecule has 0 aliphatic carbocycles. The smallest absolute Gasteiger partial charge is 0.237 e. The monoisotopic (exact) mass is 461 g/mol. The first-order valence-electron chi connectivity index (χ1n) is 11.7. The van der Waals surface area contributed by atoms with Gasteiger partial charge in [-0.25, -0.2) is 9.50 Å². The fraction of sp³-hybridized carbons (Fsp3) is 0.440. The van der Waals surface area contributed by atoms with Crippen LogP contribution in [0.15, 0.2) is 36.8 Å². The molecule has 3 N–H and O–H groups in total. The predicted molar refractivity (Wildman–Crippen MR) is 131 cm³/mol. The minimum absolute atomic E-state index is 0.0851. The van der Waals surface area contributed by atoms with Crippen molar-refractivity contribution < 1.29 is 9.53 Å². The SMILES string of the molecule is CCOc1cc(-c2ccc(N3CCC(C)(NC(=O)C(N)CC)CC3)nc2)c2c(C#N)cnn2c1. The summed E-state index contributed by atoms with van der Waals surface area (Å²) in [6.45, 7) is 8.03. The number of anilines is 1. The maximum absolute atomic E-state index is 12.3. The lowest BCUT2D eigenvalue weighted by Crippen LogP contribution is -2.56. The van der Waals surface area contributed by atoms with E-state index >= 15 is 0 Å². The molecule has 3 aromatic rings. The summed E-state index contributed by atoms with van der Waals surface area (Å²) in [5.41, 5.74) is 8.58. The van der Waals surface area contributed by atoms with Crippen LogP contribution in [0.1, 0.15) is 45.6 Å². The third-order valence-corrected chi connectivity index (χ3v) is 6.47. The fourth-order valence-corrected chi connectivity index (χ4v) is 4.31. The molecule has 0 saturated carbocycles. The van der Waals surface area contributed by atoms with Gasteiger partial charge in [-0.05, 0) is 51.3 Å². The van der Waals surface area contributed by atoms with Crippen molar-refractivity contribution in [1.82, 2.24) is 19.9 Å². The molecule has 0 bridgehead atoms. The highest BCUT2D eigenvalue weighted by atomic mass is 16.5. The van der Waals surface area contributed by atoms with Crippen LogP contribution in [-0.2, 0) is 4.79 Å². The topological polar surface area (TPSA) is 122 Å². The highest BCUT2D eigenvalue weighted by Gasteiger charge is 2.33. The minimum atomic E-state index is -0.464. The Morgan fingerprint density at radius 1 is 1.32 bits per heavy atom. The molecular formula is C25H31N7O2. The molecule has 4 rings (SSSR count). The molecule has 3 aromatic heterocycles. The molecule has 0 radical (unpaired) electrons. The largest absolute Gasteiger partial charge is 0.492 e. The van der Waals surface area contributed by atoms with E-state index in [1.165, 1.54) is 0 Å². The Morgan fingerprint density at radius 2 is 2.09 bits per heavy atom. The van der Waals surface area contributed by atoms with E-state index in [9.17, 15) is 10.1 Å². The van der Waals surface area contributed by atoms with Crippen molar-refractivity contribution in [2.24, 2.45) is 5.73 Å². The lowest BCUT2D eigenvalue weighted by molar-refractivity contribution is -0.124. The van der Waals surface area contributed by atoms with Gasteiger partial charge >= 0.3 is 0 Å². The van der Waals surface area contributed by atoms with Crippen LogP contribution in [0.4, 0.5) is 5.82 Å². The zero-order valence-corrected chi connectivity index (χ0v) is 19.9. The third kappa shape index (κ3) is 4.68. The van der Waals surface area contributed by atoms with Crippen molar-refractivity contribution in [3.8, 4) is 22.9 Å². The number of fused-ring (bicyclic) bond motifs is 1. The van der Waals surface area contributed by atoms with E-state index in [4.69, 9.17) is 15.5 Å². The molecule has 9 heteroatoms. The third-order valence-electron chi connectivity index (χ3n) is 6.47. The van der Waals surface area contributed by atoms with E-state index in [-0.39, 0.29) is 11.4 Å². The first kappa shape index (κ1) is 23.5. The summed E-state index contributed by atoms with van der Waals surface area (Å²) in [7, 11) is 0. The number of piperidine rings is 1. The lowest BCUT2D eigenvalue weighted by atomic mass is 9.89. The molecular weight excluding hydrogens is 430 g/mol. The second-order valence-corrected chi connectivity index (χ2v) is 8.94. The van der Waals surface area contributed by atoms with E-state index < -0.39 is 6.04 Å². The quantitative estimate of drug-likeness (QED) is 0.555. The van der Waals surface area contributed by atoms with Gasteiger partial charge in [0, 0.05) is 36.0 Å². The van der Waals surface area contributed by atoms with E-state index in [0.29, 0.717) is 24.3 Å². The number of aromatic nitrogens is 3. The van der Waals surface area contributed by atoms with Crippen molar-refractivity contribution in [3.05, 3.63) is 42.4 Å². The molecule has 1 aliphatic rings. The molecule has 1 aliphatic heterocycles. The zero-order chi connectivity index (χ0) is 24.3. The molecule has 4 heterocycles. The molecule has 178 valence electrons. The van der Waals surface area contributed by atoms with Crippen molar-refractivity contribution in [2.75, 3.05) is 24.6 Å². The van der Waals surface area contributed by atoms with Gasteiger partial charge in [-0.3, -0.25) is 4.79 Å². The maximum Gasteiger partial charge on any atom is 0.237 e. The summed E-state index contributed by atoms with van der Waals surface area (Å²) in [6, 6.07) is 7.68. The lowest BCUT2D eigenvalue weighted by Gasteiger charge is -2.41. The second kappa shape index (κ2) is 9.69. The number of nitrogens with zero attached hydrogens (tertiary/aromatic N) is 5. The Labute approximate surface area is 199 Å². The number of ether oxygens (including phenoxy) is 1. The molecule has 0 aromatic carbocycles. The summed E-state index contributed by atoms with van der Waals surface area (Å²) in [5, 5.41) is 17.0. The first-order valence-corrected chi connectivity index (χ1v) is 11.7. The van der Waals surface area contributed by atoms with Crippen LogP contribution >= 0.6 is 0 Å². The van der Waals surface area contributed by atoms with Crippen LogP contribution in [-0.4, -0.2) is 51.8 Å². The zero-order valence-electron chi connectivity index (χ0n) is 19.9. The van der Waals surface area contributed by atoms with Gasteiger partial charge in [-0.15, -0.1) is 0 Å². The van der Waals surface area contributed by atoms with E-state index in [2.05, 4.69) is 28.3 Å². The maximum atomic E-state index is 12.3. The Hall–Kier alpha value is -3.64. The number of carbonyl (C=O) groups is 1. The Bertz CT molecular complexity index is 1200. The standard InChI is InChI=1S/C25H31N7O2/c1-4-21(27)24(33)30-25(3)8-10-31(11-9-25)22-7-6-17(14-28-22)20-12-19(34-5-2)16-32-23(20)18(13-26)15-29-32/h6-7,12,14-16,21H,4-5,8-11,27H2,1-3H3,(H,30,33). The number of nitriles is 1. The minimum Gasteiger partial charge on any atom is -0.492 e. The number of hydrogen-bond donors (Lipinski definition) is 2. The van der Waals surface area contributed by atoms with Crippen molar-refractivity contribution in [1.29, 1.82) is 5.26 Å². The Kier molecular flexibility index (Phi) is 6.70. The van der Waals surface area contributed by atoms with Crippen molar-refractivity contribution >= 4 is 17.2 Å². The summed E-state index contributed by atoms with van der Waals surface area (Å²) < 4.78 is 7.37. The van der Waals surface area contributed by atoms with Crippen molar-refractivity contribution in [3.63, 3.8) is 0 Å². The summed E-state index contributed by atoms with van der Waals surface area (Å²) >= 11 is 0. The fourth-order valence-electron chi connectivity index (χ4n) is 4.31. The average Bonchev–Trinajstić information content (AvgIpc) is 3.27. The van der Waals surface area contributed by atoms with Crippen LogP contribution in [0.3, 0.4) is 0 Å². The first-order chi connectivity index (χ1) is 16.4. The number of amides is 1. The van der Waals surface area contributed by atoms with Gasteiger partial charge in [-0.1, -0.05) is 6.92 Å². The number of hydrogen-bond acceptors (Lipinski definition) is 7. The van der Waals surface area contributed by atoms with E-state index in [1.807, 2.05) is 38.2 Å². The van der Waals surface area contributed by atoms with Gasteiger partial charge < -0.3 is 20.7 Å². The highest BCUT2D eigenvalue weighted by Crippen LogP contribution is 2.32. The molecule has 9 nitrogen and oxygen atoms in total. The van der Waals surface area contributed by atoms with Gasteiger partial charge in [0.25, 0.3) is 0 Å². The van der Waals surface area contributed by atoms with Crippen LogP contribution in [0.5, 0.6) is 5.75 Å². The summed E-state index contributed by atoms with van der Waals surface area (Å²) in [5.74, 6) is 1.48. The molecule has 1 fully saturated rings. The normalized spacial score (nSPS) is 16.1. The van der Waals surface area contributed by atoms with Gasteiger partial charge in [-0.2, -0.15) is 10.4 Å². The molecule has 1 amide bonds. The highest BCUT2D eigenvalue weighted by molar-refractivity contribution is 5.85. The van der Waals surface area contributed by atoms with Gasteiger partial charge in [0.2, 0.25) is 5.91 Å².